The number of halogens is 1. The summed E-state index contributed by atoms with van der Waals surface area (Å²) < 4.78 is 13.3. The van der Waals surface area contributed by atoms with Crippen molar-refractivity contribution in [3.63, 3.8) is 0 Å². The Hall–Kier alpha value is -1.91. The summed E-state index contributed by atoms with van der Waals surface area (Å²) in [5, 5.41) is 0. The first-order valence-electron chi connectivity index (χ1n) is 6.76. The lowest BCUT2D eigenvalue weighted by Crippen LogP contribution is -2.46. The number of benzene rings is 1. The van der Waals surface area contributed by atoms with Crippen molar-refractivity contribution < 1.29 is 14.0 Å². The molecule has 5 heteroatoms. The van der Waals surface area contributed by atoms with E-state index < -0.39 is 5.82 Å². The quantitative estimate of drug-likeness (QED) is 0.861. The number of amides is 1. The fraction of sp³-hybridized carbons (Fsp3) is 0.467. The van der Waals surface area contributed by atoms with E-state index in [1.165, 1.54) is 19.1 Å². The second kappa shape index (κ2) is 5.61. The number of hydrogen-bond acceptors (Lipinski definition) is 3. The van der Waals surface area contributed by atoms with Crippen molar-refractivity contribution in [1.29, 1.82) is 0 Å². The molecule has 1 aliphatic rings. The van der Waals surface area contributed by atoms with Crippen LogP contribution in [0.15, 0.2) is 18.2 Å². The SMILES string of the molecule is CC(=O)c1cc(F)ccc1N1CC(C(N)=O)CCC1C. The number of nitrogens with zero attached hydrogens (tertiary/aromatic N) is 1. The van der Waals surface area contributed by atoms with E-state index in [-0.39, 0.29) is 23.7 Å². The molecule has 0 spiro atoms. The zero-order chi connectivity index (χ0) is 14.9. The van der Waals surface area contributed by atoms with Gasteiger partial charge in [0.1, 0.15) is 5.82 Å². The number of primary amides is 1. The summed E-state index contributed by atoms with van der Waals surface area (Å²) in [6, 6.07) is 4.38. The Morgan fingerprint density at radius 2 is 2.05 bits per heavy atom. The van der Waals surface area contributed by atoms with Gasteiger partial charge in [0.25, 0.3) is 0 Å². The first-order chi connectivity index (χ1) is 9.40. The second-order valence-electron chi connectivity index (χ2n) is 5.40. The van der Waals surface area contributed by atoms with E-state index >= 15 is 0 Å². The molecule has 4 nitrogen and oxygen atoms in total. The van der Waals surface area contributed by atoms with Crippen LogP contribution in [0.1, 0.15) is 37.0 Å². The Morgan fingerprint density at radius 1 is 1.35 bits per heavy atom. The maximum atomic E-state index is 13.3. The molecule has 1 aromatic carbocycles. The number of hydrogen-bond donors (Lipinski definition) is 1. The Morgan fingerprint density at radius 3 is 2.65 bits per heavy atom. The monoisotopic (exact) mass is 278 g/mol. The van der Waals surface area contributed by atoms with Crippen molar-refractivity contribution in [2.24, 2.45) is 11.7 Å². The summed E-state index contributed by atoms with van der Waals surface area (Å²) in [5.41, 5.74) is 6.41. The molecule has 2 rings (SSSR count). The van der Waals surface area contributed by atoms with Gasteiger partial charge in [0.05, 0.1) is 5.92 Å². The van der Waals surface area contributed by atoms with E-state index in [1.807, 2.05) is 11.8 Å². The first-order valence-corrected chi connectivity index (χ1v) is 6.76. The van der Waals surface area contributed by atoms with Gasteiger partial charge in [0.15, 0.2) is 5.78 Å². The predicted octanol–water partition coefficient (Wildman–Crippen LogP) is 2.12. The van der Waals surface area contributed by atoms with Gasteiger partial charge in [0, 0.05) is 23.8 Å². The molecule has 2 N–H and O–H groups in total. The molecule has 1 aromatic rings. The summed E-state index contributed by atoms with van der Waals surface area (Å²) in [7, 11) is 0. The average Bonchev–Trinajstić information content (AvgIpc) is 2.39. The van der Waals surface area contributed by atoms with Gasteiger partial charge in [-0.25, -0.2) is 4.39 Å². The molecule has 1 amide bonds. The number of piperidine rings is 1. The lowest BCUT2D eigenvalue weighted by Gasteiger charge is -2.39. The van der Waals surface area contributed by atoms with Crippen molar-refractivity contribution in [3.8, 4) is 0 Å². The van der Waals surface area contributed by atoms with Gasteiger partial charge >= 0.3 is 0 Å². The Balaban J connectivity index is 2.38. The molecule has 1 heterocycles. The Bertz CT molecular complexity index is 545. The van der Waals surface area contributed by atoms with Gasteiger partial charge in [-0.2, -0.15) is 0 Å². The number of Topliss-reactive ketones (excluding diaryl/α,β-unsaturated/α-hetero) is 1. The van der Waals surface area contributed by atoms with Gasteiger partial charge in [-0.05, 0) is 44.9 Å². The van der Waals surface area contributed by atoms with E-state index in [0.717, 1.165) is 12.8 Å². The highest BCUT2D eigenvalue weighted by Crippen LogP contribution is 2.30. The Labute approximate surface area is 117 Å². The standard InChI is InChI=1S/C15H19FN2O2/c1-9-3-4-11(15(17)20)8-18(9)14-6-5-12(16)7-13(14)10(2)19/h5-7,9,11H,3-4,8H2,1-2H3,(H2,17,20). The van der Waals surface area contributed by atoms with Crippen LogP contribution in [0.25, 0.3) is 0 Å². The maximum absolute atomic E-state index is 13.3. The third kappa shape index (κ3) is 2.81. The number of anilines is 1. The number of carbonyl (C=O) groups excluding carboxylic acids is 2. The Kier molecular flexibility index (Phi) is 4.06. The third-order valence-corrected chi connectivity index (χ3v) is 3.93. The third-order valence-electron chi connectivity index (χ3n) is 3.93. The first kappa shape index (κ1) is 14.5. The number of nitrogens with two attached hydrogens (primary N) is 1. The summed E-state index contributed by atoms with van der Waals surface area (Å²) in [6.45, 7) is 3.92. The summed E-state index contributed by atoms with van der Waals surface area (Å²) in [6.07, 6.45) is 1.58. The van der Waals surface area contributed by atoms with Crippen molar-refractivity contribution in [2.75, 3.05) is 11.4 Å². The smallest absolute Gasteiger partial charge is 0.222 e. The molecule has 20 heavy (non-hydrogen) atoms. The van der Waals surface area contributed by atoms with Crippen LogP contribution in [0.3, 0.4) is 0 Å². The molecule has 0 aliphatic carbocycles. The lowest BCUT2D eigenvalue weighted by atomic mass is 9.91. The highest BCUT2D eigenvalue weighted by atomic mass is 19.1. The number of rotatable bonds is 3. The molecule has 0 radical (unpaired) electrons. The largest absolute Gasteiger partial charge is 0.369 e. The van der Waals surface area contributed by atoms with Crippen LogP contribution >= 0.6 is 0 Å². The van der Waals surface area contributed by atoms with Crippen molar-refractivity contribution in [1.82, 2.24) is 0 Å². The minimum absolute atomic E-state index is 0.187. The minimum atomic E-state index is -0.435. The van der Waals surface area contributed by atoms with E-state index in [2.05, 4.69) is 0 Å². The van der Waals surface area contributed by atoms with Gasteiger partial charge in [-0.15, -0.1) is 0 Å². The van der Waals surface area contributed by atoms with Crippen LogP contribution < -0.4 is 10.6 Å². The van der Waals surface area contributed by atoms with Crippen LogP contribution in [0.4, 0.5) is 10.1 Å². The molecular formula is C15H19FN2O2. The van der Waals surface area contributed by atoms with Crippen LogP contribution in [-0.4, -0.2) is 24.3 Å². The van der Waals surface area contributed by atoms with E-state index in [9.17, 15) is 14.0 Å². The predicted molar refractivity (Wildman–Crippen MR) is 75.1 cm³/mol. The van der Waals surface area contributed by atoms with E-state index in [4.69, 9.17) is 5.73 Å². The highest BCUT2D eigenvalue weighted by Gasteiger charge is 2.30. The highest BCUT2D eigenvalue weighted by molar-refractivity contribution is 6.00. The van der Waals surface area contributed by atoms with Crippen molar-refractivity contribution in [2.45, 2.75) is 32.7 Å². The van der Waals surface area contributed by atoms with Gasteiger partial charge < -0.3 is 10.6 Å². The topological polar surface area (TPSA) is 63.4 Å². The van der Waals surface area contributed by atoms with Gasteiger partial charge in [0.2, 0.25) is 5.91 Å². The molecule has 2 unspecified atom stereocenters. The fourth-order valence-electron chi connectivity index (χ4n) is 2.72. The minimum Gasteiger partial charge on any atom is -0.369 e. The molecular weight excluding hydrogens is 259 g/mol. The lowest BCUT2D eigenvalue weighted by molar-refractivity contribution is -0.122. The molecule has 108 valence electrons. The van der Waals surface area contributed by atoms with E-state index in [1.54, 1.807) is 6.07 Å². The molecule has 0 aromatic heterocycles. The van der Waals surface area contributed by atoms with Crippen LogP contribution in [0.2, 0.25) is 0 Å². The molecule has 1 aliphatic heterocycles. The van der Waals surface area contributed by atoms with Crippen LogP contribution in [0, 0.1) is 11.7 Å². The van der Waals surface area contributed by atoms with Gasteiger partial charge in [-0.3, -0.25) is 9.59 Å². The zero-order valence-corrected chi connectivity index (χ0v) is 11.7. The molecule has 1 saturated heterocycles. The van der Waals surface area contributed by atoms with E-state index in [0.29, 0.717) is 17.8 Å². The van der Waals surface area contributed by atoms with Crippen molar-refractivity contribution in [3.05, 3.63) is 29.6 Å². The number of carbonyl (C=O) groups is 2. The average molecular weight is 278 g/mol. The van der Waals surface area contributed by atoms with Crippen LogP contribution in [-0.2, 0) is 4.79 Å². The maximum Gasteiger partial charge on any atom is 0.222 e. The summed E-state index contributed by atoms with van der Waals surface area (Å²) >= 11 is 0. The molecule has 0 bridgehead atoms. The van der Waals surface area contributed by atoms with Gasteiger partial charge in [-0.1, -0.05) is 0 Å². The second-order valence-corrected chi connectivity index (χ2v) is 5.40. The zero-order valence-electron chi connectivity index (χ0n) is 11.7. The van der Waals surface area contributed by atoms with Crippen molar-refractivity contribution >= 4 is 17.4 Å². The molecule has 2 atom stereocenters. The molecule has 0 saturated carbocycles. The summed E-state index contributed by atoms with van der Waals surface area (Å²) in [5.74, 6) is -1.17. The fourth-order valence-corrected chi connectivity index (χ4v) is 2.72. The number of ketones is 1. The van der Waals surface area contributed by atoms with Crippen LogP contribution in [0.5, 0.6) is 0 Å². The molecule has 1 fully saturated rings. The summed E-state index contributed by atoms with van der Waals surface area (Å²) in [4.78, 5) is 25.1. The normalized spacial score (nSPS) is 22.6.